The monoisotopic (exact) mass is 194 g/mol. The Morgan fingerprint density at radius 3 is 3.07 bits per heavy atom. The van der Waals surface area contributed by atoms with Gasteiger partial charge in [-0.3, -0.25) is 0 Å². The SMILES string of the molecule is NOCCc1c[nH]c2ccc(F)cc12. The van der Waals surface area contributed by atoms with Gasteiger partial charge in [0.2, 0.25) is 0 Å². The average molecular weight is 194 g/mol. The molecule has 0 aliphatic heterocycles. The Bertz CT molecular complexity index is 439. The number of halogens is 1. The molecule has 0 saturated heterocycles. The smallest absolute Gasteiger partial charge is 0.123 e. The van der Waals surface area contributed by atoms with Gasteiger partial charge >= 0.3 is 0 Å². The van der Waals surface area contributed by atoms with Crippen molar-refractivity contribution in [3.8, 4) is 0 Å². The van der Waals surface area contributed by atoms with E-state index in [1.54, 1.807) is 6.07 Å². The number of hydrogen-bond acceptors (Lipinski definition) is 2. The summed E-state index contributed by atoms with van der Waals surface area (Å²) in [6.07, 6.45) is 2.53. The number of benzene rings is 1. The van der Waals surface area contributed by atoms with Gasteiger partial charge in [-0.2, -0.15) is 0 Å². The van der Waals surface area contributed by atoms with E-state index >= 15 is 0 Å². The fraction of sp³-hybridized carbons (Fsp3) is 0.200. The van der Waals surface area contributed by atoms with Gasteiger partial charge in [0.05, 0.1) is 6.61 Å². The van der Waals surface area contributed by atoms with Gasteiger partial charge in [-0.25, -0.2) is 10.3 Å². The third-order valence-corrected chi connectivity index (χ3v) is 2.22. The van der Waals surface area contributed by atoms with Gasteiger partial charge in [-0.05, 0) is 30.2 Å². The fourth-order valence-electron chi connectivity index (χ4n) is 1.53. The normalized spacial score (nSPS) is 11.0. The number of aromatic amines is 1. The molecule has 3 N–H and O–H groups in total. The third kappa shape index (κ3) is 1.62. The Balaban J connectivity index is 2.40. The summed E-state index contributed by atoms with van der Waals surface area (Å²) in [5.41, 5.74) is 1.95. The first-order valence-corrected chi connectivity index (χ1v) is 4.38. The summed E-state index contributed by atoms with van der Waals surface area (Å²) in [7, 11) is 0. The molecule has 0 amide bonds. The van der Waals surface area contributed by atoms with Crippen LogP contribution in [0.15, 0.2) is 24.4 Å². The van der Waals surface area contributed by atoms with Crippen LogP contribution in [0.1, 0.15) is 5.56 Å². The summed E-state index contributed by atoms with van der Waals surface area (Å²) in [5.74, 6) is 4.71. The zero-order valence-corrected chi connectivity index (χ0v) is 7.59. The van der Waals surface area contributed by atoms with E-state index in [-0.39, 0.29) is 5.82 Å². The molecule has 0 bridgehead atoms. The van der Waals surface area contributed by atoms with Crippen LogP contribution in [0, 0.1) is 5.82 Å². The molecule has 2 aromatic rings. The van der Waals surface area contributed by atoms with Gasteiger partial charge in [0, 0.05) is 17.1 Å². The van der Waals surface area contributed by atoms with Crippen LogP contribution in [-0.4, -0.2) is 11.6 Å². The number of fused-ring (bicyclic) bond motifs is 1. The van der Waals surface area contributed by atoms with Crippen LogP contribution in [0.3, 0.4) is 0 Å². The summed E-state index contributed by atoms with van der Waals surface area (Å²) in [6, 6.07) is 4.66. The van der Waals surface area contributed by atoms with Crippen LogP contribution >= 0.6 is 0 Å². The number of aromatic nitrogens is 1. The van der Waals surface area contributed by atoms with Gasteiger partial charge in [0.1, 0.15) is 5.82 Å². The van der Waals surface area contributed by atoms with Crippen LogP contribution in [-0.2, 0) is 11.3 Å². The predicted molar refractivity (Wildman–Crippen MR) is 52.1 cm³/mol. The van der Waals surface area contributed by atoms with Crippen molar-refractivity contribution in [3.05, 3.63) is 35.8 Å². The maximum atomic E-state index is 12.9. The van der Waals surface area contributed by atoms with Crippen LogP contribution in [0.2, 0.25) is 0 Å². The van der Waals surface area contributed by atoms with Crippen molar-refractivity contribution < 1.29 is 9.23 Å². The number of rotatable bonds is 3. The molecule has 1 aromatic heterocycles. The Labute approximate surface area is 80.6 Å². The number of hydrogen-bond donors (Lipinski definition) is 2. The molecule has 0 fully saturated rings. The lowest BCUT2D eigenvalue weighted by Crippen LogP contribution is -2.03. The fourth-order valence-corrected chi connectivity index (χ4v) is 1.53. The lowest BCUT2D eigenvalue weighted by molar-refractivity contribution is 0.141. The van der Waals surface area contributed by atoms with E-state index in [4.69, 9.17) is 5.90 Å². The Kier molecular flexibility index (Phi) is 2.47. The minimum Gasteiger partial charge on any atom is -0.361 e. The highest BCUT2D eigenvalue weighted by Crippen LogP contribution is 2.19. The van der Waals surface area contributed by atoms with Gasteiger partial charge in [0.25, 0.3) is 0 Å². The van der Waals surface area contributed by atoms with Crippen LogP contribution in [0.25, 0.3) is 10.9 Å². The first-order valence-electron chi connectivity index (χ1n) is 4.38. The Morgan fingerprint density at radius 1 is 1.43 bits per heavy atom. The molecule has 4 heteroatoms. The van der Waals surface area contributed by atoms with E-state index in [1.807, 2.05) is 6.20 Å². The maximum Gasteiger partial charge on any atom is 0.123 e. The van der Waals surface area contributed by atoms with E-state index in [2.05, 4.69) is 9.82 Å². The zero-order chi connectivity index (χ0) is 9.97. The molecule has 14 heavy (non-hydrogen) atoms. The molecule has 74 valence electrons. The minimum atomic E-state index is -0.230. The molecule has 0 radical (unpaired) electrons. The minimum absolute atomic E-state index is 0.230. The highest BCUT2D eigenvalue weighted by atomic mass is 19.1. The number of H-pyrrole nitrogens is 1. The van der Waals surface area contributed by atoms with Crippen molar-refractivity contribution >= 4 is 10.9 Å². The second kappa shape index (κ2) is 3.77. The summed E-state index contributed by atoms with van der Waals surface area (Å²) in [6.45, 7) is 0.434. The Morgan fingerprint density at radius 2 is 2.29 bits per heavy atom. The first-order chi connectivity index (χ1) is 6.81. The summed E-state index contributed by atoms with van der Waals surface area (Å²) < 4.78 is 12.9. The molecule has 0 spiro atoms. The van der Waals surface area contributed by atoms with Gasteiger partial charge in [-0.15, -0.1) is 0 Å². The molecule has 0 atom stereocenters. The number of nitrogens with one attached hydrogen (secondary N) is 1. The topological polar surface area (TPSA) is 51.0 Å². The van der Waals surface area contributed by atoms with E-state index in [1.165, 1.54) is 12.1 Å². The van der Waals surface area contributed by atoms with Crippen molar-refractivity contribution in [2.75, 3.05) is 6.61 Å². The number of nitrogens with two attached hydrogens (primary N) is 1. The summed E-state index contributed by atoms with van der Waals surface area (Å²) in [5, 5.41) is 0.891. The zero-order valence-electron chi connectivity index (χ0n) is 7.59. The third-order valence-electron chi connectivity index (χ3n) is 2.22. The van der Waals surface area contributed by atoms with Gasteiger partial charge < -0.3 is 9.82 Å². The molecule has 0 aliphatic carbocycles. The predicted octanol–water partition coefficient (Wildman–Crippen LogP) is 1.74. The van der Waals surface area contributed by atoms with Gasteiger partial charge in [-0.1, -0.05) is 0 Å². The summed E-state index contributed by atoms with van der Waals surface area (Å²) >= 11 is 0. The summed E-state index contributed by atoms with van der Waals surface area (Å²) in [4.78, 5) is 7.55. The quantitative estimate of drug-likeness (QED) is 0.731. The molecule has 0 aliphatic rings. The van der Waals surface area contributed by atoms with E-state index in [0.29, 0.717) is 13.0 Å². The van der Waals surface area contributed by atoms with E-state index < -0.39 is 0 Å². The molecule has 0 unspecified atom stereocenters. The van der Waals surface area contributed by atoms with Crippen molar-refractivity contribution in [3.63, 3.8) is 0 Å². The molecular formula is C10H11FN2O. The van der Waals surface area contributed by atoms with Crippen molar-refractivity contribution in [2.45, 2.75) is 6.42 Å². The lowest BCUT2D eigenvalue weighted by atomic mass is 10.1. The maximum absolute atomic E-state index is 12.9. The standard InChI is InChI=1S/C10H11FN2O/c11-8-1-2-10-9(5-8)7(6-13-10)3-4-14-12/h1-2,5-6,13H,3-4,12H2. The van der Waals surface area contributed by atoms with Crippen LogP contribution in [0.4, 0.5) is 4.39 Å². The largest absolute Gasteiger partial charge is 0.361 e. The molecule has 2 rings (SSSR count). The molecule has 1 heterocycles. The first kappa shape index (κ1) is 9.18. The highest BCUT2D eigenvalue weighted by molar-refractivity contribution is 5.83. The molecular weight excluding hydrogens is 183 g/mol. The van der Waals surface area contributed by atoms with Crippen LogP contribution < -0.4 is 5.90 Å². The van der Waals surface area contributed by atoms with Gasteiger partial charge in [0.15, 0.2) is 0 Å². The average Bonchev–Trinajstić information content (AvgIpc) is 2.57. The van der Waals surface area contributed by atoms with Crippen molar-refractivity contribution in [1.29, 1.82) is 0 Å². The molecule has 0 saturated carbocycles. The molecule has 1 aromatic carbocycles. The van der Waals surface area contributed by atoms with Crippen LogP contribution in [0.5, 0.6) is 0 Å². The second-order valence-electron chi connectivity index (χ2n) is 3.12. The second-order valence-corrected chi connectivity index (χ2v) is 3.12. The Hall–Kier alpha value is -1.39. The van der Waals surface area contributed by atoms with E-state index in [9.17, 15) is 4.39 Å². The van der Waals surface area contributed by atoms with Crippen molar-refractivity contribution in [2.24, 2.45) is 5.90 Å². The van der Waals surface area contributed by atoms with E-state index in [0.717, 1.165) is 16.5 Å². The van der Waals surface area contributed by atoms with Crippen molar-refractivity contribution in [1.82, 2.24) is 4.98 Å². The highest BCUT2D eigenvalue weighted by Gasteiger charge is 2.04. The lowest BCUT2D eigenvalue weighted by Gasteiger charge is -1.97. The molecule has 3 nitrogen and oxygen atoms in total.